The molecule has 20 heavy (non-hydrogen) atoms. The van der Waals surface area contributed by atoms with E-state index in [1.165, 1.54) is 12.1 Å². The fourth-order valence-electron chi connectivity index (χ4n) is 2.13. The van der Waals surface area contributed by atoms with E-state index in [1.54, 1.807) is 12.3 Å². The van der Waals surface area contributed by atoms with Gasteiger partial charge in [0, 0.05) is 18.1 Å². The van der Waals surface area contributed by atoms with Crippen molar-refractivity contribution in [3.63, 3.8) is 0 Å². The molecule has 0 aliphatic carbocycles. The minimum absolute atomic E-state index is 0.312. The van der Waals surface area contributed by atoms with Crippen molar-refractivity contribution in [1.82, 2.24) is 4.98 Å². The molecule has 0 atom stereocenters. The zero-order valence-electron chi connectivity index (χ0n) is 10.6. The summed E-state index contributed by atoms with van der Waals surface area (Å²) in [6, 6.07) is 14.2. The fraction of sp³-hybridized carbons (Fsp3) is 0.0625. The minimum Gasteiger partial charge on any atom is -0.380 e. The van der Waals surface area contributed by atoms with E-state index < -0.39 is 0 Å². The van der Waals surface area contributed by atoms with Crippen molar-refractivity contribution in [2.45, 2.75) is 6.54 Å². The van der Waals surface area contributed by atoms with Crippen LogP contribution in [-0.4, -0.2) is 4.98 Å². The predicted octanol–water partition coefficient (Wildman–Crippen LogP) is 4.64. The van der Waals surface area contributed by atoms with Crippen LogP contribution in [0.4, 0.5) is 10.1 Å². The maximum absolute atomic E-state index is 13.2. The van der Waals surface area contributed by atoms with Gasteiger partial charge in [-0.1, -0.05) is 35.9 Å². The van der Waals surface area contributed by atoms with Crippen molar-refractivity contribution >= 4 is 28.2 Å². The van der Waals surface area contributed by atoms with Crippen molar-refractivity contribution in [2.24, 2.45) is 0 Å². The average molecular weight is 287 g/mol. The van der Waals surface area contributed by atoms with E-state index in [-0.39, 0.29) is 5.82 Å². The third kappa shape index (κ3) is 2.58. The second-order valence-corrected chi connectivity index (χ2v) is 4.88. The van der Waals surface area contributed by atoms with E-state index in [1.807, 2.05) is 30.3 Å². The third-order valence-electron chi connectivity index (χ3n) is 3.11. The molecule has 1 heterocycles. The van der Waals surface area contributed by atoms with Gasteiger partial charge in [-0.3, -0.25) is 4.98 Å². The van der Waals surface area contributed by atoms with E-state index in [4.69, 9.17) is 11.6 Å². The van der Waals surface area contributed by atoms with Gasteiger partial charge in [0.1, 0.15) is 5.82 Å². The van der Waals surface area contributed by atoms with E-state index in [9.17, 15) is 4.39 Å². The van der Waals surface area contributed by atoms with E-state index in [2.05, 4.69) is 10.3 Å². The highest BCUT2D eigenvalue weighted by atomic mass is 35.5. The zero-order chi connectivity index (χ0) is 13.9. The number of halogens is 2. The molecule has 0 aliphatic heterocycles. The molecule has 0 saturated carbocycles. The lowest BCUT2D eigenvalue weighted by Gasteiger charge is -2.10. The smallest absolute Gasteiger partial charge is 0.125 e. The maximum Gasteiger partial charge on any atom is 0.125 e. The Bertz CT molecular complexity index is 753. The molecule has 0 fully saturated rings. The van der Waals surface area contributed by atoms with Gasteiger partial charge >= 0.3 is 0 Å². The number of nitrogens with one attached hydrogen (secondary N) is 1. The van der Waals surface area contributed by atoms with Crippen LogP contribution in [0, 0.1) is 5.82 Å². The summed E-state index contributed by atoms with van der Waals surface area (Å²) in [4.78, 5) is 4.39. The maximum atomic E-state index is 13.2. The molecular weight excluding hydrogens is 275 g/mol. The van der Waals surface area contributed by atoms with Crippen molar-refractivity contribution in [3.05, 3.63) is 71.1 Å². The molecule has 1 N–H and O–H groups in total. The Morgan fingerprint density at radius 1 is 1.10 bits per heavy atom. The van der Waals surface area contributed by atoms with Crippen LogP contribution in [0.3, 0.4) is 0 Å². The van der Waals surface area contributed by atoms with E-state index in [0.717, 1.165) is 16.5 Å². The van der Waals surface area contributed by atoms with Gasteiger partial charge in [-0.15, -0.1) is 0 Å². The topological polar surface area (TPSA) is 24.9 Å². The normalized spacial score (nSPS) is 10.7. The fourth-order valence-corrected chi connectivity index (χ4v) is 2.32. The molecule has 2 aromatic carbocycles. The second kappa shape index (κ2) is 5.47. The number of pyridine rings is 1. The molecule has 0 aliphatic rings. The Labute approximate surface area is 121 Å². The molecule has 0 bridgehead atoms. The molecule has 100 valence electrons. The number of para-hydroxylation sites is 1. The number of hydrogen-bond acceptors (Lipinski definition) is 2. The van der Waals surface area contributed by atoms with Gasteiger partial charge in [0.2, 0.25) is 0 Å². The van der Waals surface area contributed by atoms with E-state index >= 15 is 0 Å². The van der Waals surface area contributed by atoms with E-state index in [0.29, 0.717) is 17.3 Å². The molecule has 0 amide bonds. The SMILES string of the molecule is Fc1ccc(Cl)c(NCc2cccc3cccnc23)c1. The first-order chi connectivity index (χ1) is 9.74. The molecular formula is C16H12ClFN2. The van der Waals surface area contributed by atoms with Crippen LogP contribution in [0.5, 0.6) is 0 Å². The summed E-state index contributed by atoms with van der Waals surface area (Å²) >= 11 is 6.04. The van der Waals surface area contributed by atoms with Crippen molar-refractivity contribution in [3.8, 4) is 0 Å². The first kappa shape index (κ1) is 12.9. The summed E-state index contributed by atoms with van der Waals surface area (Å²) in [7, 11) is 0. The van der Waals surface area contributed by atoms with Gasteiger partial charge in [-0.2, -0.15) is 0 Å². The molecule has 3 aromatic rings. The second-order valence-electron chi connectivity index (χ2n) is 4.47. The van der Waals surface area contributed by atoms with Crippen LogP contribution >= 0.6 is 11.6 Å². The number of hydrogen-bond donors (Lipinski definition) is 1. The van der Waals surface area contributed by atoms with Crippen LogP contribution in [0.15, 0.2) is 54.7 Å². The predicted molar refractivity (Wildman–Crippen MR) is 80.5 cm³/mol. The van der Waals surface area contributed by atoms with Crippen LogP contribution in [0.1, 0.15) is 5.56 Å². The molecule has 0 saturated heterocycles. The number of nitrogens with zero attached hydrogens (tertiary/aromatic N) is 1. The Balaban J connectivity index is 1.89. The van der Waals surface area contributed by atoms with Gasteiger partial charge in [-0.25, -0.2) is 4.39 Å². The molecule has 3 rings (SSSR count). The van der Waals surface area contributed by atoms with Crippen LogP contribution in [0.25, 0.3) is 10.9 Å². The molecule has 1 aromatic heterocycles. The highest BCUT2D eigenvalue weighted by Crippen LogP contribution is 2.24. The average Bonchev–Trinajstić information content (AvgIpc) is 2.48. The molecule has 0 unspecified atom stereocenters. The zero-order valence-corrected chi connectivity index (χ0v) is 11.4. The van der Waals surface area contributed by atoms with Gasteiger partial charge in [-0.05, 0) is 29.8 Å². The summed E-state index contributed by atoms with van der Waals surface area (Å²) in [6.07, 6.45) is 1.76. The number of rotatable bonds is 3. The monoisotopic (exact) mass is 286 g/mol. The Kier molecular flexibility index (Phi) is 3.52. The molecule has 4 heteroatoms. The molecule has 0 radical (unpaired) electrons. The summed E-state index contributed by atoms with van der Waals surface area (Å²) in [5.74, 6) is -0.312. The number of anilines is 1. The largest absolute Gasteiger partial charge is 0.380 e. The first-order valence-electron chi connectivity index (χ1n) is 6.25. The van der Waals surface area contributed by atoms with Crippen LogP contribution in [-0.2, 0) is 6.54 Å². The van der Waals surface area contributed by atoms with Crippen molar-refractivity contribution in [1.29, 1.82) is 0 Å². The van der Waals surface area contributed by atoms with Gasteiger partial charge < -0.3 is 5.32 Å². The van der Waals surface area contributed by atoms with Crippen LogP contribution < -0.4 is 5.32 Å². The minimum atomic E-state index is -0.312. The Hall–Kier alpha value is -2.13. The Morgan fingerprint density at radius 2 is 1.95 bits per heavy atom. The standard InChI is InChI=1S/C16H12ClFN2/c17-14-7-6-13(18)9-15(14)20-10-12-4-1-3-11-5-2-8-19-16(11)12/h1-9,20H,10H2. The van der Waals surface area contributed by atoms with Crippen molar-refractivity contribution in [2.75, 3.05) is 5.32 Å². The summed E-state index contributed by atoms with van der Waals surface area (Å²) in [5.41, 5.74) is 2.57. The lowest BCUT2D eigenvalue weighted by Crippen LogP contribution is -2.01. The summed E-state index contributed by atoms with van der Waals surface area (Å²) in [6.45, 7) is 0.539. The summed E-state index contributed by atoms with van der Waals surface area (Å²) in [5, 5.41) is 4.73. The highest BCUT2D eigenvalue weighted by molar-refractivity contribution is 6.33. The number of benzene rings is 2. The number of fused-ring (bicyclic) bond motifs is 1. The van der Waals surface area contributed by atoms with Crippen molar-refractivity contribution < 1.29 is 4.39 Å². The number of aromatic nitrogens is 1. The molecule has 0 spiro atoms. The third-order valence-corrected chi connectivity index (χ3v) is 3.44. The van der Waals surface area contributed by atoms with Gasteiger partial charge in [0.25, 0.3) is 0 Å². The summed E-state index contributed by atoms with van der Waals surface area (Å²) < 4.78 is 13.2. The van der Waals surface area contributed by atoms with Gasteiger partial charge in [0.05, 0.1) is 16.2 Å². The highest BCUT2D eigenvalue weighted by Gasteiger charge is 2.04. The Morgan fingerprint density at radius 3 is 2.85 bits per heavy atom. The van der Waals surface area contributed by atoms with Crippen LogP contribution in [0.2, 0.25) is 5.02 Å². The lowest BCUT2D eigenvalue weighted by molar-refractivity contribution is 0.628. The molecule has 2 nitrogen and oxygen atoms in total. The lowest BCUT2D eigenvalue weighted by atomic mass is 10.1. The first-order valence-corrected chi connectivity index (χ1v) is 6.63. The van der Waals surface area contributed by atoms with Gasteiger partial charge in [0.15, 0.2) is 0 Å². The quantitative estimate of drug-likeness (QED) is 0.759.